The molecule has 0 unspecified atom stereocenters. The standard InChI is InChI=1S/C12H16N4O2S/c1-9-4-3-5-10(13)12(9)19(17,18)15-8-11-14-6-7-16(11)2/h3-7,15H,8,13H2,1-2H3. The van der Waals surface area contributed by atoms with Gasteiger partial charge in [-0.3, -0.25) is 0 Å². The molecule has 0 amide bonds. The molecule has 0 fully saturated rings. The number of hydrogen-bond acceptors (Lipinski definition) is 4. The van der Waals surface area contributed by atoms with Gasteiger partial charge in [-0.25, -0.2) is 18.1 Å². The topological polar surface area (TPSA) is 90.0 Å². The van der Waals surface area contributed by atoms with Crippen LogP contribution in [-0.2, 0) is 23.6 Å². The molecular weight excluding hydrogens is 264 g/mol. The van der Waals surface area contributed by atoms with E-state index in [9.17, 15) is 8.42 Å². The van der Waals surface area contributed by atoms with Crippen LogP contribution in [-0.4, -0.2) is 18.0 Å². The number of nitrogens with zero attached hydrogens (tertiary/aromatic N) is 2. The van der Waals surface area contributed by atoms with Crippen molar-refractivity contribution in [3.8, 4) is 0 Å². The molecule has 0 spiro atoms. The van der Waals surface area contributed by atoms with E-state index in [1.807, 2.05) is 0 Å². The van der Waals surface area contributed by atoms with Crippen molar-refractivity contribution >= 4 is 15.7 Å². The van der Waals surface area contributed by atoms with E-state index in [1.54, 1.807) is 49.1 Å². The zero-order valence-electron chi connectivity index (χ0n) is 10.8. The Bertz CT molecular complexity index is 671. The van der Waals surface area contributed by atoms with Gasteiger partial charge in [0, 0.05) is 19.4 Å². The van der Waals surface area contributed by atoms with E-state index in [0.717, 1.165) is 0 Å². The van der Waals surface area contributed by atoms with Crippen LogP contribution in [0.2, 0.25) is 0 Å². The molecule has 0 radical (unpaired) electrons. The van der Waals surface area contributed by atoms with E-state index in [4.69, 9.17) is 5.73 Å². The molecule has 0 atom stereocenters. The van der Waals surface area contributed by atoms with Crippen molar-refractivity contribution < 1.29 is 8.42 Å². The third kappa shape index (κ3) is 2.77. The summed E-state index contributed by atoms with van der Waals surface area (Å²) >= 11 is 0. The van der Waals surface area contributed by atoms with Crippen molar-refractivity contribution in [3.63, 3.8) is 0 Å². The average Bonchev–Trinajstić information content (AvgIpc) is 2.72. The van der Waals surface area contributed by atoms with Crippen molar-refractivity contribution in [2.45, 2.75) is 18.4 Å². The number of hydrogen-bond donors (Lipinski definition) is 2. The summed E-state index contributed by atoms with van der Waals surface area (Å²) in [5.41, 5.74) is 6.61. The molecule has 1 heterocycles. The molecule has 0 saturated heterocycles. The second kappa shape index (κ2) is 5.02. The first kappa shape index (κ1) is 13.6. The summed E-state index contributed by atoms with van der Waals surface area (Å²) in [6.45, 7) is 1.84. The van der Waals surface area contributed by atoms with Crippen LogP contribution in [0.15, 0.2) is 35.5 Å². The second-order valence-electron chi connectivity index (χ2n) is 4.27. The molecule has 0 aliphatic rings. The SMILES string of the molecule is Cc1cccc(N)c1S(=O)(=O)NCc1nccn1C. The quantitative estimate of drug-likeness (QED) is 0.810. The Hall–Kier alpha value is -1.86. The van der Waals surface area contributed by atoms with Crippen molar-refractivity contribution in [2.24, 2.45) is 7.05 Å². The second-order valence-corrected chi connectivity index (χ2v) is 5.98. The third-order valence-corrected chi connectivity index (χ3v) is 4.47. The van der Waals surface area contributed by atoms with E-state index in [-0.39, 0.29) is 17.1 Å². The van der Waals surface area contributed by atoms with Crippen LogP contribution >= 0.6 is 0 Å². The number of benzene rings is 1. The molecule has 3 N–H and O–H groups in total. The molecule has 0 bridgehead atoms. The van der Waals surface area contributed by atoms with Gasteiger partial charge in [-0.15, -0.1) is 0 Å². The summed E-state index contributed by atoms with van der Waals surface area (Å²) in [5.74, 6) is 0.635. The van der Waals surface area contributed by atoms with Crippen molar-refractivity contribution in [3.05, 3.63) is 42.0 Å². The largest absolute Gasteiger partial charge is 0.398 e. The fraction of sp³-hybridized carbons (Fsp3) is 0.250. The van der Waals surface area contributed by atoms with E-state index >= 15 is 0 Å². The van der Waals surface area contributed by atoms with Crippen LogP contribution in [0.25, 0.3) is 0 Å². The number of nitrogens with two attached hydrogens (primary N) is 1. The Kier molecular flexibility index (Phi) is 3.59. The Labute approximate surface area is 112 Å². The lowest BCUT2D eigenvalue weighted by Gasteiger charge is -2.11. The lowest BCUT2D eigenvalue weighted by Crippen LogP contribution is -2.26. The first-order chi connectivity index (χ1) is 8.92. The minimum Gasteiger partial charge on any atom is -0.398 e. The molecule has 6 nitrogen and oxygen atoms in total. The number of anilines is 1. The summed E-state index contributed by atoms with van der Waals surface area (Å²) in [6.07, 6.45) is 3.37. The maximum Gasteiger partial charge on any atom is 0.243 e. The average molecular weight is 280 g/mol. The van der Waals surface area contributed by atoms with Crippen LogP contribution in [0.5, 0.6) is 0 Å². The number of nitrogens with one attached hydrogen (secondary N) is 1. The highest BCUT2D eigenvalue weighted by Crippen LogP contribution is 2.22. The molecule has 7 heteroatoms. The number of nitrogen functional groups attached to an aromatic ring is 1. The first-order valence-corrected chi connectivity index (χ1v) is 7.21. The number of aromatic nitrogens is 2. The molecule has 0 aliphatic carbocycles. The zero-order valence-corrected chi connectivity index (χ0v) is 11.6. The van der Waals surface area contributed by atoms with E-state index in [1.165, 1.54) is 0 Å². The summed E-state index contributed by atoms with van der Waals surface area (Å²) in [7, 11) is -1.84. The first-order valence-electron chi connectivity index (χ1n) is 5.73. The highest BCUT2D eigenvalue weighted by atomic mass is 32.2. The van der Waals surface area contributed by atoms with Gasteiger partial charge < -0.3 is 10.3 Å². The highest BCUT2D eigenvalue weighted by Gasteiger charge is 2.20. The van der Waals surface area contributed by atoms with Gasteiger partial charge in [0.05, 0.1) is 12.2 Å². The zero-order chi connectivity index (χ0) is 14.0. The fourth-order valence-corrected chi connectivity index (χ4v) is 3.17. The normalized spacial score (nSPS) is 11.7. The van der Waals surface area contributed by atoms with Gasteiger partial charge in [0.1, 0.15) is 10.7 Å². The lowest BCUT2D eigenvalue weighted by atomic mass is 10.2. The molecule has 0 aliphatic heterocycles. The van der Waals surface area contributed by atoms with Crippen LogP contribution in [0, 0.1) is 6.92 Å². The van der Waals surface area contributed by atoms with Gasteiger partial charge in [-0.05, 0) is 18.6 Å². The van der Waals surface area contributed by atoms with Crippen molar-refractivity contribution in [2.75, 3.05) is 5.73 Å². The van der Waals surface area contributed by atoms with E-state index in [2.05, 4.69) is 9.71 Å². The Morgan fingerprint density at radius 3 is 2.74 bits per heavy atom. The minimum atomic E-state index is -3.64. The minimum absolute atomic E-state index is 0.125. The van der Waals surface area contributed by atoms with E-state index in [0.29, 0.717) is 11.4 Å². The summed E-state index contributed by atoms with van der Waals surface area (Å²) < 4.78 is 28.8. The number of imidazole rings is 1. The van der Waals surface area contributed by atoms with Gasteiger partial charge in [-0.2, -0.15) is 0 Å². The number of aryl methyl sites for hydroxylation is 2. The summed E-state index contributed by atoms with van der Waals surface area (Å²) in [5, 5.41) is 0. The van der Waals surface area contributed by atoms with Crippen LogP contribution in [0.1, 0.15) is 11.4 Å². The molecule has 1 aromatic heterocycles. The Balaban J connectivity index is 2.26. The molecule has 19 heavy (non-hydrogen) atoms. The predicted molar refractivity (Wildman–Crippen MR) is 72.8 cm³/mol. The maximum absolute atomic E-state index is 12.3. The molecular formula is C12H16N4O2S. The molecule has 0 saturated carbocycles. The highest BCUT2D eigenvalue weighted by molar-refractivity contribution is 7.89. The van der Waals surface area contributed by atoms with Gasteiger partial charge in [0.2, 0.25) is 10.0 Å². The molecule has 2 rings (SSSR count). The summed E-state index contributed by atoms with van der Waals surface area (Å²) in [4.78, 5) is 4.19. The molecule has 2 aromatic rings. The van der Waals surface area contributed by atoms with Crippen LogP contribution in [0.4, 0.5) is 5.69 Å². The molecule has 102 valence electrons. The van der Waals surface area contributed by atoms with Crippen molar-refractivity contribution in [1.82, 2.24) is 14.3 Å². The van der Waals surface area contributed by atoms with Crippen LogP contribution < -0.4 is 10.5 Å². The van der Waals surface area contributed by atoms with Gasteiger partial charge in [-0.1, -0.05) is 12.1 Å². The van der Waals surface area contributed by atoms with Crippen LogP contribution in [0.3, 0.4) is 0 Å². The van der Waals surface area contributed by atoms with Crippen molar-refractivity contribution in [1.29, 1.82) is 0 Å². The Morgan fingerprint density at radius 1 is 1.42 bits per heavy atom. The predicted octanol–water partition coefficient (Wildman–Crippen LogP) is 0.789. The maximum atomic E-state index is 12.3. The lowest BCUT2D eigenvalue weighted by molar-refractivity contribution is 0.577. The monoisotopic (exact) mass is 280 g/mol. The number of rotatable bonds is 4. The smallest absolute Gasteiger partial charge is 0.243 e. The van der Waals surface area contributed by atoms with Gasteiger partial charge in [0.15, 0.2) is 0 Å². The summed E-state index contributed by atoms with van der Waals surface area (Å²) in [6, 6.07) is 5.01. The van der Waals surface area contributed by atoms with Gasteiger partial charge >= 0.3 is 0 Å². The fourth-order valence-electron chi connectivity index (χ4n) is 1.84. The van der Waals surface area contributed by atoms with E-state index < -0.39 is 10.0 Å². The van der Waals surface area contributed by atoms with Gasteiger partial charge in [0.25, 0.3) is 0 Å². The number of sulfonamides is 1. The Morgan fingerprint density at radius 2 is 2.16 bits per heavy atom. The third-order valence-electron chi connectivity index (χ3n) is 2.85. The molecule has 1 aromatic carbocycles.